The molecule has 0 spiro atoms. The zero-order valence-electron chi connectivity index (χ0n) is 14.9. The van der Waals surface area contributed by atoms with Crippen LogP contribution in [0.25, 0.3) is 0 Å². The van der Waals surface area contributed by atoms with Gasteiger partial charge in [0.1, 0.15) is 0 Å². The SMILES string of the molecule is CN(CCCc1cnn(C)c1)C(=O)[C@H]1CC(=O)N(C(C)(C)C)C1. The van der Waals surface area contributed by atoms with Crippen LogP contribution in [0.4, 0.5) is 0 Å². The van der Waals surface area contributed by atoms with Crippen LogP contribution in [0.15, 0.2) is 12.4 Å². The Morgan fingerprint density at radius 2 is 2.13 bits per heavy atom. The van der Waals surface area contributed by atoms with Crippen LogP contribution in [0.3, 0.4) is 0 Å². The number of rotatable bonds is 5. The Balaban J connectivity index is 1.82. The van der Waals surface area contributed by atoms with Gasteiger partial charge >= 0.3 is 0 Å². The van der Waals surface area contributed by atoms with E-state index in [1.165, 1.54) is 5.56 Å². The molecule has 1 aliphatic heterocycles. The van der Waals surface area contributed by atoms with Gasteiger partial charge in [-0.25, -0.2) is 0 Å². The first-order valence-electron chi connectivity index (χ1n) is 8.21. The highest BCUT2D eigenvalue weighted by Gasteiger charge is 2.40. The summed E-state index contributed by atoms with van der Waals surface area (Å²) in [5, 5.41) is 4.15. The van der Waals surface area contributed by atoms with Crippen LogP contribution in [-0.2, 0) is 23.1 Å². The van der Waals surface area contributed by atoms with Crippen molar-refractivity contribution in [3.8, 4) is 0 Å². The number of amides is 2. The Bertz CT molecular complexity index is 573. The fourth-order valence-corrected chi connectivity index (χ4v) is 3.06. The number of likely N-dealkylation sites (tertiary alicyclic amines) is 1. The van der Waals surface area contributed by atoms with E-state index in [0.717, 1.165) is 12.8 Å². The van der Waals surface area contributed by atoms with Crippen LogP contribution in [0, 0.1) is 5.92 Å². The molecule has 0 saturated carbocycles. The third kappa shape index (κ3) is 4.33. The molecular formula is C17H28N4O2. The highest BCUT2D eigenvalue weighted by Crippen LogP contribution is 2.26. The summed E-state index contributed by atoms with van der Waals surface area (Å²) in [7, 11) is 3.73. The number of carbonyl (C=O) groups excluding carboxylic acids is 2. The van der Waals surface area contributed by atoms with Crippen molar-refractivity contribution in [3.63, 3.8) is 0 Å². The Morgan fingerprint density at radius 1 is 1.43 bits per heavy atom. The molecule has 6 nitrogen and oxygen atoms in total. The maximum absolute atomic E-state index is 12.5. The maximum Gasteiger partial charge on any atom is 0.227 e. The van der Waals surface area contributed by atoms with Crippen molar-refractivity contribution in [1.29, 1.82) is 0 Å². The number of hydrogen-bond acceptors (Lipinski definition) is 3. The summed E-state index contributed by atoms with van der Waals surface area (Å²) >= 11 is 0. The minimum atomic E-state index is -0.217. The second-order valence-electron chi connectivity index (χ2n) is 7.46. The van der Waals surface area contributed by atoms with Crippen molar-refractivity contribution in [1.82, 2.24) is 19.6 Å². The molecule has 23 heavy (non-hydrogen) atoms. The molecule has 0 aromatic carbocycles. The Hall–Kier alpha value is -1.85. The van der Waals surface area contributed by atoms with E-state index >= 15 is 0 Å². The van der Waals surface area contributed by atoms with Gasteiger partial charge in [0.05, 0.1) is 12.1 Å². The van der Waals surface area contributed by atoms with E-state index in [2.05, 4.69) is 5.10 Å². The minimum absolute atomic E-state index is 0.0799. The number of carbonyl (C=O) groups is 2. The smallest absolute Gasteiger partial charge is 0.227 e. The van der Waals surface area contributed by atoms with Gasteiger partial charge in [-0.2, -0.15) is 5.10 Å². The zero-order valence-corrected chi connectivity index (χ0v) is 14.9. The molecule has 0 radical (unpaired) electrons. The standard InChI is InChI=1S/C17H28N4O2/c1-17(2,3)21-12-14(9-15(21)22)16(23)19(4)8-6-7-13-10-18-20(5)11-13/h10-11,14H,6-9,12H2,1-5H3/t14-/m0/s1. The first-order chi connectivity index (χ1) is 10.7. The second kappa shape index (κ2) is 6.72. The monoisotopic (exact) mass is 320 g/mol. The summed E-state index contributed by atoms with van der Waals surface area (Å²) in [6, 6.07) is 0. The number of hydrogen-bond donors (Lipinski definition) is 0. The van der Waals surface area contributed by atoms with E-state index in [1.54, 1.807) is 9.58 Å². The van der Waals surface area contributed by atoms with Crippen LogP contribution < -0.4 is 0 Å². The van der Waals surface area contributed by atoms with E-state index in [-0.39, 0.29) is 23.3 Å². The molecule has 0 N–H and O–H groups in total. The molecule has 0 aliphatic carbocycles. The zero-order chi connectivity index (χ0) is 17.2. The van der Waals surface area contributed by atoms with Crippen molar-refractivity contribution < 1.29 is 9.59 Å². The fraction of sp³-hybridized carbons (Fsp3) is 0.706. The molecule has 1 aliphatic rings. The van der Waals surface area contributed by atoms with E-state index in [9.17, 15) is 9.59 Å². The van der Waals surface area contributed by atoms with E-state index < -0.39 is 0 Å². The van der Waals surface area contributed by atoms with E-state index in [1.807, 2.05) is 52.2 Å². The van der Waals surface area contributed by atoms with Gasteiger partial charge in [-0.3, -0.25) is 14.3 Å². The lowest BCUT2D eigenvalue weighted by molar-refractivity contribution is -0.134. The minimum Gasteiger partial charge on any atom is -0.345 e. The summed E-state index contributed by atoms with van der Waals surface area (Å²) in [5.74, 6) is -0.0407. The van der Waals surface area contributed by atoms with Crippen LogP contribution in [0.2, 0.25) is 0 Å². The number of aryl methyl sites for hydroxylation is 2. The van der Waals surface area contributed by atoms with Gasteiger partial charge in [0, 0.05) is 45.3 Å². The van der Waals surface area contributed by atoms with Gasteiger partial charge < -0.3 is 9.80 Å². The van der Waals surface area contributed by atoms with Crippen molar-refractivity contribution in [2.75, 3.05) is 20.1 Å². The quantitative estimate of drug-likeness (QED) is 0.825. The summed E-state index contributed by atoms with van der Waals surface area (Å²) in [6.45, 7) is 7.27. The molecule has 1 aromatic rings. The van der Waals surface area contributed by atoms with Gasteiger partial charge in [-0.1, -0.05) is 0 Å². The van der Waals surface area contributed by atoms with Crippen LogP contribution in [-0.4, -0.2) is 57.1 Å². The van der Waals surface area contributed by atoms with Gasteiger partial charge in [0.25, 0.3) is 0 Å². The lowest BCUT2D eigenvalue weighted by Crippen LogP contribution is -2.43. The summed E-state index contributed by atoms with van der Waals surface area (Å²) in [4.78, 5) is 28.2. The average molecular weight is 320 g/mol. The molecular weight excluding hydrogens is 292 g/mol. The first-order valence-corrected chi connectivity index (χ1v) is 8.21. The maximum atomic E-state index is 12.5. The fourth-order valence-electron chi connectivity index (χ4n) is 3.06. The predicted molar refractivity (Wildman–Crippen MR) is 88.7 cm³/mol. The lowest BCUT2D eigenvalue weighted by Gasteiger charge is -2.32. The lowest BCUT2D eigenvalue weighted by atomic mass is 10.1. The number of nitrogens with zero attached hydrogens (tertiary/aromatic N) is 4. The molecule has 1 saturated heterocycles. The molecule has 1 aromatic heterocycles. The molecule has 0 bridgehead atoms. The van der Waals surface area contributed by atoms with Crippen molar-refractivity contribution in [2.45, 2.75) is 45.6 Å². The summed E-state index contributed by atoms with van der Waals surface area (Å²) < 4.78 is 1.79. The van der Waals surface area contributed by atoms with Gasteiger partial charge in [0.2, 0.25) is 11.8 Å². The van der Waals surface area contributed by atoms with Crippen LogP contribution in [0.1, 0.15) is 39.2 Å². The molecule has 1 fully saturated rings. The van der Waals surface area contributed by atoms with Gasteiger partial charge in [0.15, 0.2) is 0 Å². The highest BCUT2D eigenvalue weighted by molar-refractivity contribution is 5.89. The largest absolute Gasteiger partial charge is 0.345 e. The normalized spacial score (nSPS) is 18.6. The highest BCUT2D eigenvalue weighted by atomic mass is 16.2. The van der Waals surface area contributed by atoms with Crippen molar-refractivity contribution in [3.05, 3.63) is 18.0 Å². The first kappa shape index (κ1) is 17.5. The topological polar surface area (TPSA) is 58.4 Å². The molecule has 1 atom stereocenters. The van der Waals surface area contributed by atoms with Gasteiger partial charge in [-0.05, 0) is 39.2 Å². The Morgan fingerprint density at radius 3 is 2.65 bits per heavy atom. The number of aromatic nitrogens is 2. The molecule has 2 amide bonds. The molecule has 2 rings (SSSR count). The van der Waals surface area contributed by atoms with Crippen LogP contribution >= 0.6 is 0 Å². The Kier molecular flexibility index (Phi) is 5.12. The summed E-state index contributed by atoms with van der Waals surface area (Å²) in [5.41, 5.74) is 0.966. The Labute approximate surface area is 138 Å². The van der Waals surface area contributed by atoms with Crippen LogP contribution in [0.5, 0.6) is 0 Å². The van der Waals surface area contributed by atoms with Crippen molar-refractivity contribution in [2.24, 2.45) is 13.0 Å². The summed E-state index contributed by atoms with van der Waals surface area (Å²) in [6.07, 6.45) is 6.00. The van der Waals surface area contributed by atoms with E-state index in [4.69, 9.17) is 0 Å². The second-order valence-corrected chi connectivity index (χ2v) is 7.46. The third-order valence-corrected chi connectivity index (χ3v) is 4.38. The molecule has 128 valence electrons. The molecule has 2 heterocycles. The molecule has 0 unspecified atom stereocenters. The predicted octanol–water partition coefficient (Wildman–Crippen LogP) is 1.46. The van der Waals surface area contributed by atoms with E-state index in [0.29, 0.717) is 19.5 Å². The average Bonchev–Trinajstić information content (AvgIpc) is 3.03. The third-order valence-electron chi connectivity index (χ3n) is 4.38. The van der Waals surface area contributed by atoms with Crippen molar-refractivity contribution >= 4 is 11.8 Å². The molecule has 6 heteroatoms. The van der Waals surface area contributed by atoms with Gasteiger partial charge in [-0.15, -0.1) is 0 Å².